The summed E-state index contributed by atoms with van der Waals surface area (Å²) in [5.74, 6) is -0.802. The van der Waals surface area contributed by atoms with Crippen molar-refractivity contribution in [3.8, 4) is 0 Å². The van der Waals surface area contributed by atoms with E-state index in [2.05, 4.69) is 10.6 Å². The minimum absolute atomic E-state index is 0.00289. The van der Waals surface area contributed by atoms with E-state index in [-0.39, 0.29) is 11.9 Å². The molecule has 19 heavy (non-hydrogen) atoms. The summed E-state index contributed by atoms with van der Waals surface area (Å²) in [6, 6.07) is -0.247. The highest BCUT2D eigenvalue weighted by molar-refractivity contribution is 5.84. The van der Waals surface area contributed by atoms with E-state index in [1.807, 2.05) is 6.92 Å². The number of aliphatic carboxylic acids is 1. The van der Waals surface area contributed by atoms with Crippen molar-refractivity contribution < 1.29 is 14.7 Å². The monoisotopic (exact) mass is 268 g/mol. The third kappa shape index (κ3) is 2.61. The Morgan fingerprint density at radius 2 is 2.00 bits per heavy atom. The van der Waals surface area contributed by atoms with Crippen LogP contribution in [0.25, 0.3) is 0 Å². The second-order valence-electron chi connectivity index (χ2n) is 6.48. The zero-order valence-corrected chi connectivity index (χ0v) is 11.8. The van der Waals surface area contributed by atoms with Crippen LogP contribution >= 0.6 is 0 Å². The summed E-state index contributed by atoms with van der Waals surface area (Å²) in [7, 11) is 0. The first kappa shape index (κ1) is 14.3. The standard InChI is InChI=1S/C14H24N2O3/c1-13(7-8-15-9-13)11(17)16-10-5-3-4-6-14(10,2)12(18)19/h10,15H,3-9H2,1-2H3,(H,16,17)(H,18,19). The van der Waals surface area contributed by atoms with Crippen LogP contribution in [-0.2, 0) is 9.59 Å². The van der Waals surface area contributed by atoms with Crippen molar-refractivity contribution in [2.75, 3.05) is 13.1 Å². The van der Waals surface area contributed by atoms with Crippen molar-refractivity contribution in [3.63, 3.8) is 0 Å². The first-order chi connectivity index (χ1) is 8.88. The van der Waals surface area contributed by atoms with Gasteiger partial charge in [-0.15, -0.1) is 0 Å². The lowest BCUT2D eigenvalue weighted by atomic mass is 9.71. The molecule has 0 bridgehead atoms. The fraction of sp³-hybridized carbons (Fsp3) is 0.857. The zero-order chi connectivity index (χ0) is 14.1. The summed E-state index contributed by atoms with van der Waals surface area (Å²) < 4.78 is 0. The number of amides is 1. The Bertz CT molecular complexity index is 377. The third-order valence-corrected chi connectivity index (χ3v) is 4.92. The second-order valence-corrected chi connectivity index (χ2v) is 6.48. The molecule has 3 atom stereocenters. The van der Waals surface area contributed by atoms with Crippen molar-refractivity contribution >= 4 is 11.9 Å². The molecule has 108 valence electrons. The fourth-order valence-corrected chi connectivity index (χ4v) is 3.16. The van der Waals surface area contributed by atoms with Gasteiger partial charge in [-0.05, 0) is 39.7 Å². The quantitative estimate of drug-likeness (QED) is 0.717. The maximum atomic E-state index is 12.4. The molecular weight excluding hydrogens is 244 g/mol. The van der Waals surface area contributed by atoms with Gasteiger partial charge in [-0.3, -0.25) is 9.59 Å². The number of hydrogen-bond donors (Lipinski definition) is 3. The van der Waals surface area contributed by atoms with Crippen molar-refractivity contribution in [2.45, 2.75) is 52.0 Å². The van der Waals surface area contributed by atoms with Crippen LogP contribution in [0.2, 0.25) is 0 Å². The summed E-state index contributed by atoms with van der Waals surface area (Å²) in [6.07, 6.45) is 4.13. The molecule has 1 aliphatic heterocycles. The first-order valence-electron chi connectivity index (χ1n) is 7.14. The number of carbonyl (C=O) groups excluding carboxylic acids is 1. The molecule has 0 aromatic carbocycles. The molecule has 5 nitrogen and oxygen atoms in total. The van der Waals surface area contributed by atoms with E-state index in [0.29, 0.717) is 13.0 Å². The van der Waals surface area contributed by atoms with E-state index in [0.717, 1.165) is 32.2 Å². The Labute approximate surface area is 114 Å². The molecular formula is C14H24N2O3. The highest BCUT2D eigenvalue weighted by Crippen LogP contribution is 2.37. The van der Waals surface area contributed by atoms with Gasteiger partial charge in [0.05, 0.1) is 10.8 Å². The van der Waals surface area contributed by atoms with Crippen LogP contribution in [0.1, 0.15) is 46.0 Å². The van der Waals surface area contributed by atoms with E-state index in [1.165, 1.54) is 0 Å². The van der Waals surface area contributed by atoms with E-state index in [4.69, 9.17) is 0 Å². The van der Waals surface area contributed by atoms with Crippen LogP contribution in [0.15, 0.2) is 0 Å². The average molecular weight is 268 g/mol. The maximum absolute atomic E-state index is 12.4. The Hall–Kier alpha value is -1.10. The molecule has 2 fully saturated rings. The van der Waals surface area contributed by atoms with Crippen LogP contribution < -0.4 is 10.6 Å². The van der Waals surface area contributed by atoms with E-state index < -0.39 is 16.8 Å². The molecule has 1 saturated carbocycles. The molecule has 0 spiro atoms. The molecule has 3 N–H and O–H groups in total. The van der Waals surface area contributed by atoms with Crippen LogP contribution in [0.3, 0.4) is 0 Å². The predicted molar refractivity (Wildman–Crippen MR) is 71.7 cm³/mol. The van der Waals surface area contributed by atoms with Crippen molar-refractivity contribution in [1.29, 1.82) is 0 Å². The van der Waals surface area contributed by atoms with Gasteiger partial charge in [-0.1, -0.05) is 12.8 Å². The molecule has 0 aromatic heterocycles. The molecule has 1 amide bonds. The average Bonchev–Trinajstić information content (AvgIpc) is 2.80. The highest BCUT2D eigenvalue weighted by atomic mass is 16.4. The number of hydrogen-bond acceptors (Lipinski definition) is 3. The third-order valence-electron chi connectivity index (χ3n) is 4.92. The highest BCUT2D eigenvalue weighted by Gasteiger charge is 2.46. The lowest BCUT2D eigenvalue weighted by Crippen LogP contribution is -2.55. The molecule has 1 aliphatic carbocycles. The summed E-state index contributed by atoms with van der Waals surface area (Å²) in [5.41, 5.74) is -1.22. The minimum atomic E-state index is -0.823. The molecule has 5 heteroatoms. The molecule has 2 rings (SSSR count). The van der Waals surface area contributed by atoms with E-state index >= 15 is 0 Å². The fourth-order valence-electron chi connectivity index (χ4n) is 3.16. The maximum Gasteiger partial charge on any atom is 0.311 e. The lowest BCUT2D eigenvalue weighted by molar-refractivity contribution is -0.152. The Morgan fingerprint density at radius 3 is 2.58 bits per heavy atom. The van der Waals surface area contributed by atoms with Crippen molar-refractivity contribution in [2.24, 2.45) is 10.8 Å². The minimum Gasteiger partial charge on any atom is -0.481 e. The predicted octanol–water partition coefficient (Wildman–Crippen LogP) is 1.14. The van der Waals surface area contributed by atoms with Gasteiger partial charge in [-0.25, -0.2) is 0 Å². The summed E-state index contributed by atoms with van der Waals surface area (Å²) >= 11 is 0. The zero-order valence-electron chi connectivity index (χ0n) is 11.8. The second kappa shape index (κ2) is 5.12. The van der Waals surface area contributed by atoms with Crippen molar-refractivity contribution in [3.05, 3.63) is 0 Å². The van der Waals surface area contributed by atoms with Crippen LogP contribution in [-0.4, -0.2) is 36.1 Å². The smallest absolute Gasteiger partial charge is 0.311 e. The van der Waals surface area contributed by atoms with E-state index in [1.54, 1.807) is 6.92 Å². The van der Waals surface area contributed by atoms with Gasteiger partial charge < -0.3 is 15.7 Å². The lowest BCUT2D eigenvalue weighted by Gasteiger charge is -2.39. The summed E-state index contributed by atoms with van der Waals surface area (Å²) in [5, 5.41) is 15.7. The normalized spacial score (nSPS) is 38.9. The van der Waals surface area contributed by atoms with Crippen LogP contribution in [0, 0.1) is 10.8 Å². The molecule has 1 heterocycles. The van der Waals surface area contributed by atoms with Gasteiger partial charge in [0, 0.05) is 12.6 Å². The number of carbonyl (C=O) groups is 2. The van der Waals surface area contributed by atoms with Gasteiger partial charge in [0.15, 0.2) is 0 Å². The summed E-state index contributed by atoms with van der Waals surface area (Å²) in [4.78, 5) is 23.9. The molecule has 3 unspecified atom stereocenters. The van der Waals surface area contributed by atoms with Crippen LogP contribution in [0.4, 0.5) is 0 Å². The van der Waals surface area contributed by atoms with Crippen molar-refractivity contribution in [1.82, 2.24) is 10.6 Å². The molecule has 0 aromatic rings. The topological polar surface area (TPSA) is 78.4 Å². The molecule has 2 aliphatic rings. The number of rotatable bonds is 3. The Balaban J connectivity index is 2.08. The molecule has 1 saturated heterocycles. The number of nitrogens with one attached hydrogen (secondary N) is 2. The largest absolute Gasteiger partial charge is 0.481 e. The van der Waals surface area contributed by atoms with Crippen LogP contribution in [0.5, 0.6) is 0 Å². The molecule has 0 radical (unpaired) electrons. The Kier molecular flexibility index (Phi) is 3.85. The summed E-state index contributed by atoms with van der Waals surface area (Å²) in [6.45, 7) is 5.23. The van der Waals surface area contributed by atoms with E-state index in [9.17, 15) is 14.7 Å². The van der Waals surface area contributed by atoms with Gasteiger partial charge in [0.2, 0.25) is 5.91 Å². The van der Waals surface area contributed by atoms with Gasteiger partial charge in [-0.2, -0.15) is 0 Å². The number of carboxylic acid groups (broad SMARTS) is 1. The number of carboxylic acids is 1. The van der Waals surface area contributed by atoms with Gasteiger partial charge >= 0.3 is 5.97 Å². The first-order valence-corrected chi connectivity index (χ1v) is 7.14. The van der Waals surface area contributed by atoms with Gasteiger partial charge in [0.25, 0.3) is 0 Å². The SMILES string of the molecule is CC1(C(=O)NC2CCCCC2(C)C(=O)O)CCNC1. The van der Waals surface area contributed by atoms with Gasteiger partial charge in [0.1, 0.15) is 0 Å². The Morgan fingerprint density at radius 1 is 1.26 bits per heavy atom.